The number of hydrogen-bond acceptors (Lipinski definition) is 5. The smallest absolute Gasteiger partial charge is 0.328 e. The van der Waals surface area contributed by atoms with Gasteiger partial charge >= 0.3 is 5.97 Å². The lowest BCUT2D eigenvalue weighted by atomic mass is 10.0. The van der Waals surface area contributed by atoms with Crippen molar-refractivity contribution in [3.05, 3.63) is 17.0 Å². The summed E-state index contributed by atoms with van der Waals surface area (Å²) in [6, 6.07) is -0.441. The van der Waals surface area contributed by atoms with Crippen LogP contribution in [0, 0.1) is 5.92 Å². The standard InChI is InChI=1S/C14H22ClN3O2/c1-8(2)6-10(14(19)20-5)18-13-11(9(3)4)12(15)16-7-17-13/h7-10H,6H2,1-5H3,(H,16,17,18). The highest BCUT2D eigenvalue weighted by Crippen LogP contribution is 2.28. The predicted octanol–water partition coefficient (Wildman–Crippen LogP) is 3.25. The molecule has 0 saturated carbocycles. The number of rotatable bonds is 6. The van der Waals surface area contributed by atoms with E-state index < -0.39 is 6.04 Å². The van der Waals surface area contributed by atoms with Crippen LogP contribution in [0.5, 0.6) is 0 Å². The minimum atomic E-state index is -0.441. The molecule has 1 atom stereocenters. The van der Waals surface area contributed by atoms with Crippen molar-refractivity contribution in [1.29, 1.82) is 0 Å². The quantitative estimate of drug-likeness (QED) is 0.645. The zero-order valence-corrected chi connectivity index (χ0v) is 13.4. The second kappa shape index (κ2) is 7.43. The van der Waals surface area contributed by atoms with Gasteiger partial charge in [-0.05, 0) is 18.3 Å². The van der Waals surface area contributed by atoms with Crippen LogP contribution in [0.1, 0.15) is 45.6 Å². The molecule has 112 valence electrons. The molecule has 0 bridgehead atoms. The van der Waals surface area contributed by atoms with Gasteiger partial charge in [0.15, 0.2) is 0 Å². The molecule has 0 aliphatic rings. The lowest BCUT2D eigenvalue weighted by Crippen LogP contribution is -2.33. The van der Waals surface area contributed by atoms with Gasteiger partial charge in [0.1, 0.15) is 23.3 Å². The Morgan fingerprint density at radius 2 is 2.00 bits per heavy atom. The molecule has 1 aromatic rings. The fourth-order valence-electron chi connectivity index (χ4n) is 1.99. The van der Waals surface area contributed by atoms with Crippen LogP contribution in [0.15, 0.2) is 6.33 Å². The number of nitrogens with one attached hydrogen (secondary N) is 1. The number of hydrogen-bond donors (Lipinski definition) is 1. The molecule has 0 aliphatic carbocycles. The van der Waals surface area contributed by atoms with Crippen molar-refractivity contribution < 1.29 is 9.53 Å². The number of anilines is 1. The molecule has 0 radical (unpaired) electrons. The van der Waals surface area contributed by atoms with E-state index in [4.69, 9.17) is 16.3 Å². The summed E-state index contributed by atoms with van der Waals surface area (Å²) >= 11 is 6.12. The minimum absolute atomic E-state index is 0.156. The molecular formula is C14H22ClN3O2. The van der Waals surface area contributed by atoms with Crippen LogP contribution in [-0.2, 0) is 9.53 Å². The number of ether oxygens (including phenoxy) is 1. The monoisotopic (exact) mass is 299 g/mol. The number of carbonyl (C=O) groups is 1. The molecule has 1 aromatic heterocycles. The van der Waals surface area contributed by atoms with Crippen LogP contribution in [0.4, 0.5) is 5.82 Å². The number of aromatic nitrogens is 2. The van der Waals surface area contributed by atoms with Crippen LogP contribution in [0.3, 0.4) is 0 Å². The Morgan fingerprint density at radius 3 is 2.50 bits per heavy atom. The Bertz CT molecular complexity index is 464. The van der Waals surface area contributed by atoms with Crippen molar-refractivity contribution in [2.75, 3.05) is 12.4 Å². The third-order valence-corrected chi connectivity index (χ3v) is 3.22. The molecule has 20 heavy (non-hydrogen) atoms. The fraction of sp³-hybridized carbons (Fsp3) is 0.643. The third kappa shape index (κ3) is 4.34. The first-order valence-electron chi connectivity index (χ1n) is 6.71. The van der Waals surface area contributed by atoms with E-state index in [9.17, 15) is 4.79 Å². The SMILES string of the molecule is COC(=O)C(CC(C)C)Nc1ncnc(Cl)c1C(C)C. The highest BCUT2D eigenvalue weighted by Gasteiger charge is 2.23. The second-order valence-corrected chi connectivity index (χ2v) is 5.79. The van der Waals surface area contributed by atoms with E-state index in [-0.39, 0.29) is 11.9 Å². The summed E-state index contributed by atoms with van der Waals surface area (Å²) in [7, 11) is 1.38. The summed E-state index contributed by atoms with van der Waals surface area (Å²) in [5, 5.41) is 3.55. The van der Waals surface area contributed by atoms with Crippen molar-refractivity contribution in [2.45, 2.75) is 46.1 Å². The van der Waals surface area contributed by atoms with Crippen molar-refractivity contribution in [3.63, 3.8) is 0 Å². The van der Waals surface area contributed by atoms with Gasteiger partial charge in [-0.2, -0.15) is 0 Å². The number of carbonyl (C=O) groups excluding carboxylic acids is 1. The van der Waals surface area contributed by atoms with Crippen LogP contribution in [-0.4, -0.2) is 29.1 Å². The lowest BCUT2D eigenvalue weighted by molar-refractivity contribution is -0.141. The van der Waals surface area contributed by atoms with Crippen LogP contribution >= 0.6 is 11.6 Å². The van der Waals surface area contributed by atoms with E-state index in [2.05, 4.69) is 15.3 Å². The Morgan fingerprint density at radius 1 is 1.35 bits per heavy atom. The lowest BCUT2D eigenvalue weighted by Gasteiger charge is -2.21. The topological polar surface area (TPSA) is 64.1 Å². The maximum Gasteiger partial charge on any atom is 0.328 e. The fourth-order valence-corrected chi connectivity index (χ4v) is 2.34. The Labute approximate surface area is 125 Å². The normalized spacial score (nSPS) is 12.6. The molecule has 0 saturated heterocycles. The molecular weight excluding hydrogens is 278 g/mol. The van der Waals surface area contributed by atoms with E-state index in [0.29, 0.717) is 23.3 Å². The molecule has 0 aliphatic heterocycles. The summed E-state index contributed by atoms with van der Waals surface area (Å²) < 4.78 is 4.84. The van der Waals surface area contributed by atoms with E-state index in [1.165, 1.54) is 13.4 Å². The predicted molar refractivity (Wildman–Crippen MR) is 80.0 cm³/mol. The minimum Gasteiger partial charge on any atom is -0.467 e. The summed E-state index contributed by atoms with van der Waals surface area (Å²) in [6.45, 7) is 8.11. The van der Waals surface area contributed by atoms with Crippen LogP contribution in [0.25, 0.3) is 0 Å². The molecule has 0 amide bonds. The number of nitrogens with zero attached hydrogens (tertiary/aromatic N) is 2. The van der Waals surface area contributed by atoms with Crippen molar-refractivity contribution in [3.8, 4) is 0 Å². The van der Waals surface area contributed by atoms with E-state index in [1.807, 2.05) is 27.7 Å². The molecule has 0 fully saturated rings. The number of halogens is 1. The van der Waals surface area contributed by atoms with E-state index in [0.717, 1.165) is 5.56 Å². The summed E-state index contributed by atoms with van der Waals surface area (Å²) in [6.07, 6.45) is 2.05. The van der Waals surface area contributed by atoms with Gasteiger partial charge in [0, 0.05) is 5.56 Å². The zero-order chi connectivity index (χ0) is 15.3. The Hall–Kier alpha value is -1.36. The first kappa shape index (κ1) is 16.7. The second-order valence-electron chi connectivity index (χ2n) is 5.43. The molecule has 5 nitrogen and oxygen atoms in total. The summed E-state index contributed by atoms with van der Waals surface area (Å²) in [5.74, 6) is 0.800. The van der Waals surface area contributed by atoms with Crippen molar-refractivity contribution in [2.24, 2.45) is 5.92 Å². The van der Waals surface area contributed by atoms with Gasteiger partial charge in [-0.15, -0.1) is 0 Å². The molecule has 0 aromatic carbocycles. The molecule has 1 unspecified atom stereocenters. The molecule has 1 rings (SSSR count). The number of esters is 1. The zero-order valence-electron chi connectivity index (χ0n) is 12.6. The van der Waals surface area contributed by atoms with Gasteiger partial charge in [-0.25, -0.2) is 14.8 Å². The molecule has 1 heterocycles. The summed E-state index contributed by atoms with van der Waals surface area (Å²) in [4.78, 5) is 20.1. The Balaban J connectivity index is 3.04. The average molecular weight is 300 g/mol. The van der Waals surface area contributed by atoms with Gasteiger partial charge in [-0.3, -0.25) is 0 Å². The highest BCUT2D eigenvalue weighted by molar-refractivity contribution is 6.30. The third-order valence-electron chi connectivity index (χ3n) is 2.92. The maximum atomic E-state index is 11.9. The molecule has 1 N–H and O–H groups in total. The molecule has 0 spiro atoms. The van der Waals surface area contributed by atoms with Crippen LogP contribution < -0.4 is 5.32 Å². The van der Waals surface area contributed by atoms with Gasteiger partial charge in [0.05, 0.1) is 7.11 Å². The van der Waals surface area contributed by atoms with Crippen LogP contribution in [0.2, 0.25) is 5.15 Å². The summed E-state index contributed by atoms with van der Waals surface area (Å²) in [5.41, 5.74) is 0.812. The maximum absolute atomic E-state index is 11.9. The Kier molecular flexibility index (Phi) is 6.20. The largest absolute Gasteiger partial charge is 0.467 e. The van der Waals surface area contributed by atoms with Crippen molar-refractivity contribution in [1.82, 2.24) is 9.97 Å². The van der Waals surface area contributed by atoms with Gasteiger partial charge in [0.25, 0.3) is 0 Å². The molecule has 6 heteroatoms. The van der Waals surface area contributed by atoms with Crippen molar-refractivity contribution >= 4 is 23.4 Å². The van der Waals surface area contributed by atoms with E-state index >= 15 is 0 Å². The number of methoxy groups -OCH3 is 1. The highest BCUT2D eigenvalue weighted by atomic mass is 35.5. The average Bonchev–Trinajstić information content (AvgIpc) is 2.36. The van der Waals surface area contributed by atoms with Gasteiger partial charge in [-0.1, -0.05) is 39.3 Å². The van der Waals surface area contributed by atoms with Gasteiger partial charge < -0.3 is 10.1 Å². The van der Waals surface area contributed by atoms with Gasteiger partial charge in [0.2, 0.25) is 0 Å². The first-order chi connectivity index (χ1) is 9.36. The first-order valence-corrected chi connectivity index (χ1v) is 7.09. The van der Waals surface area contributed by atoms with E-state index in [1.54, 1.807) is 0 Å².